The van der Waals surface area contributed by atoms with E-state index in [1.54, 1.807) is 43.0 Å². The van der Waals surface area contributed by atoms with Crippen LogP contribution in [0.1, 0.15) is 69.3 Å². The second-order valence-electron chi connectivity index (χ2n) is 9.42. The van der Waals surface area contributed by atoms with Gasteiger partial charge in [0.25, 0.3) is 0 Å². The quantitative estimate of drug-likeness (QED) is 0.205. The van der Waals surface area contributed by atoms with Gasteiger partial charge in [-0.2, -0.15) is 0 Å². The molecule has 2 N–H and O–H groups in total. The first-order chi connectivity index (χ1) is 17.0. The Balaban J connectivity index is 1.72. The summed E-state index contributed by atoms with van der Waals surface area (Å²) >= 11 is 0. The number of hydrogen-bond acceptors (Lipinski definition) is 8. The SMILES string of the molecule is CC(C)COC(=O)NC(=N)c1ccc(C(=O)CCC(=O)N2CCC(OCC(=O)OC(C)C)CC2)cc1. The zero-order valence-corrected chi connectivity index (χ0v) is 21.5. The van der Waals surface area contributed by atoms with Crippen LogP contribution in [0.15, 0.2) is 24.3 Å². The van der Waals surface area contributed by atoms with Gasteiger partial charge in [-0.3, -0.25) is 20.3 Å². The second-order valence-corrected chi connectivity index (χ2v) is 9.42. The first-order valence-electron chi connectivity index (χ1n) is 12.3. The van der Waals surface area contributed by atoms with Crippen LogP contribution in [0.4, 0.5) is 4.79 Å². The van der Waals surface area contributed by atoms with E-state index in [4.69, 9.17) is 19.6 Å². The topological polar surface area (TPSA) is 135 Å². The molecule has 0 aromatic heterocycles. The maximum absolute atomic E-state index is 12.5. The van der Waals surface area contributed by atoms with Crippen LogP contribution in [-0.2, 0) is 23.8 Å². The molecule has 36 heavy (non-hydrogen) atoms. The number of nitrogens with zero attached hydrogens (tertiary/aromatic N) is 1. The van der Waals surface area contributed by atoms with Gasteiger partial charge in [0.2, 0.25) is 5.91 Å². The van der Waals surface area contributed by atoms with E-state index in [9.17, 15) is 19.2 Å². The predicted molar refractivity (Wildman–Crippen MR) is 133 cm³/mol. The molecule has 0 saturated carbocycles. The Bertz CT molecular complexity index is 920. The Hall–Kier alpha value is -3.27. The van der Waals surface area contributed by atoms with Crippen LogP contribution in [0, 0.1) is 11.3 Å². The molecule has 1 heterocycles. The molecule has 0 radical (unpaired) electrons. The lowest BCUT2D eigenvalue weighted by Gasteiger charge is -2.31. The molecule has 2 rings (SSSR count). The predicted octanol–water partition coefficient (Wildman–Crippen LogP) is 3.32. The summed E-state index contributed by atoms with van der Waals surface area (Å²) in [6, 6.07) is 6.29. The highest BCUT2D eigenvalue weighted by molar-refractivity contribution is 6.05. The first-order valence-corrected chi connectivity index (χ1v) is 12.3. The normalized spacial score (nSPS) is 14.0. The number of ketones is 1. The standard InChI is InChI=1S/C26H37N3O7/c1-17(2)15-35-26(33)28-25(27)20-7-5-19(6-8-20)22(30)9-10-23(31)29-13-11-21(12-14-29)34-16-24(32)36-18(3)4/h5-8,17-18,21H,9-16H2,1-4H3,(H2,27,28,33). The van der Waals surface area contributed by atoms with Crippen molar-refractivity contribution in [3.8, 4) is 0 Å². The molecule has 0 spiro atoms. The molecule has 0 bridgehead atoms. The van der Waals surface area contributed by atoms with E-state index in [-0.39, 0.29) is 61.7 Å². The fraction of sp³-hybridized carbons (Fsp3) is 0.577. The Morgan fingerprint density at radius 1 is 1.00 bits per heavy atom. The van der Waals surface area contributed by atoms with Crippen LogP contribution in [0.2, 0.25) is 0 Å². The number of esters is 1. The highest BCUT2D eigenvalue weighted by Crippen LogP contribution is 2.16. The van der Waals surface area contributed by atoms with E-state index in [1.165, 1.54) is 0 Å². The summed E-state index contributed by atoms with van der Waals surface area (Å²) in [5.41, 5.74) is 0.869. The number of rotatable bonds is 11. The van der Waals surface area contributed by atoms with Crippen molar-refractivity contribution in [3.63, 3.8) is 0 Å². The van der Waals surface area contributed by atoms with Crippen molar-refractivity contribution < 1.29 is 33.4 Å². The fourth-order valence-electron chi connectivity index (χ4n) is 3.55. The van der Waals surface area contributed by atoms with Crippen molar-refractivity contribution in [1.82, 2.24) is 10.2 Å². The van der Waals surface area contributed by atoms with E-state index in [1.807, 2.05) is 13.8 Å². The zero-order valence-electron chi connectivity index (χ0n) is 21.5. The Kier molecular flexibility index (Phi) is 11.5. The summed E-state index contributed by atoms with van der Waals surface area (Å²) in [5, 5.41) is 10.3. The summed E-state index contributed by atoms with van der Waals surface area (Å²) in [5.74, 6) is -0.597. The van der Waals surface area contributed by atoms with E-state index < -0.39 is 12.1 Å². The van der Waals surface area contributed by atoms with Gasteiger partial charge in [0, 0.05) is 37.1 Å². The molecule has 1 aromatic rings. The number of ether oxygens (including phenoxy) is 3. The van der Waals surface area contributed by atoms with Crippen LogP contribution in [0.5, 0.6) is 0 Å². The van der Waals surface area contributed by atoms with Crippen LogP contribution in [0.25, 0.3) is 0 Å². The fourth-order valence-corrected chi connectivity index (χ4v) is 3.55. The number of Topliss-reactive ketones (excluding diaryl/α,β-unsaturated/α-hetero) is 1. The third kappa shape index (κ3) is 10.2. The van der Waals surface area contributed by atoms with Gasteiger partial charge in [0.1, 0.15) is 12.4 Å². The van der Waals surface area contributed by atoms with Gasteiger partial charge in [-0.25, -0.2) is 9.59 Å². The van der Waals surface area contributed by atoms with Crippen LogP contribution >= 0.6 is 0 Å². The summed E-state index contributed by atoms with van der Waals surface area (Å²) in [4.78, 5) is 50.1. The number of amides is 2. The van der Waals surface area contributed by atoms with Gasteiger partial charge in [-0.05, 0) is 32.6 Å². The highest BCUT2D eigenvalue weighted by Gasteiger charge is 2.24. The van der Waals surface area contributed by atoms with Crippen LogP contribution < -0.4 is 5.32 Å². The molecule has 1 saturated heterocycles. The Morgan fingerprint density at radius 2 is 1.61 bits per heavy atom. The minimum atomic E-state index is -0.698. The number of amidine groups is 1. The summed E-state index contributed by atoms with van der Waals surface area (Å²) in [7, 11) is 0. The van der Waals surface area contributed by atoms with Crippen LogP contribution in [0.3, 0.4) is 0 Å². The molecule has 1 aromatic carbocycles. The number of nitrogens with one attached hydrogen (secondary N) is 2. The van der Waals surface area contributed by atoms with Crippen molar-refractivity contribution in [3.05, 3.63) is 35.4 Å². The van der Waals surface area contributed by atoms with Crippen molar-refractivity contribution in [2.45, 2.75) is 65.6 Å². The third-order valence-corrected chi connectivity index (χ3v) is 5.44. The minimum absolute atomic E-state index is 0.0763. The van der Waals surface area contributed by atoms with Gasteiger partial charge in [0.05, 0.1) is 18.8 Å². The van der Waals surface area contributed by atoms with Crippen molar-refractivity contribution >= 4 is 29.6 Å². The van der Waals surface area contributed by atoms with Crippen molar-refractivity contribution in [2.75, 3.05) is 26.3 Å². The molecule has 10 nitrogen and oxygen atoms in total. The molecule has 2 amide bonds. The monoisotopic (exact) mass is 503 g/mol. The second kappa shape index (κ2) is 14.3. The molecular weight excluding hydrogens is 466 g/mol. The van der Waals surface area contributed by atoms with E-state index in [2.05, 4.69) is 5.32 Å². The Labute approximate surface area is 212 Å². The average Bonchev–Trinajstić information content (AvgIpc) is 2.84. The van der Waals surface area contributed by atoms with Crippen molar-refractivity contribution in [1.29, 1.82) is 5.41 Å². The molecule has 1 fully saturated rings. The number of benzene rings is 1. The van der Waals surface area contributed by atoms with Gasteiger partial charge < -0.3 is 19.1 Å². The maximum Gasteiger partial charge on any atom is 0.412 e. The minimum Gasteiger partial charge on any atom is -0.461 e. The molecule has 198 valence electrons. The van der Waals surface area contributed by atoms with Gasteiger partial charge in [-0.15, -0.1) is 0 Å². The zero-order chi connectivity index (χ0) is 26.7. The summed E-state index contributed by atoms with van der Waals surface area (Å²) in [6.07, 6.45) is 0.453. The van der Waals surface area contributed by atoms with Gasteiger partial charge >= 0.3 is 12.1 Å². The smallest absolute Gasteiger partial charge is 0.412 e. The largest absolute Gasteiger partial charge is 0.461 e. The number of alkyl carbamates (subject to hydrolysis) is 1. The number of likely N-dealkylation sites (tertiary alicyclic amines) is 1. The molecule has 0 atom stereocenters. The van der Waals surface area contributed by atoms with E-state index >= 15 is 0 Å². The lowest BCUT2D eigenvalue weighted by atomic mass is 10.0. The number of hydrogen-bond donors (Lipinski definition) is 2. The summed E-state index contributed by atoms with van der Waals surface area (Å²) in [6.45, 7) is 8.57. The Morgan fingerprint density at radius 3 is 2.19 bits per heavy atom. The molecule has 10 heteroatoms. The van der Waals surface area contributed by atoms with E-state index in [0.29, 0.717) is 37.1 Å². The lowest BCUT2D eigenvalue weighted by molar-refractivity contribution is -0.156. The third-order valence-electron chi connectivity index (χ3n) is 5.44. The lowest BCUT2D eigenvalue weighted by Crippen LogP contribution is -2.41. The number of piperidine rings is 1. The maximum atomic E-state index is 12.5. The first kappa shape index (κ1) is 29.0. The van der Waals surface area contributed by atoms with Gasteiger partial charge in [0.15, 0.2) is 5.78 Å². The molecule has 1 aliphatic rings. The number of carbonyl (C=O) groups is 4. The number of carbonyl (C=O) groups excluding carboxylic acids is 4. The molecule has 0 unspecified atom stereocenters. The molecule has 0 aliphatic carbocycles. The van der Waals surface area contributed by atoms with E-state index in [0.717, 1.165) is 0 Å². The highest BCUT2D eigenvalue weighted by atomic mass is 16.6. The average molecular weight is 504 g/mol. The molecule has 1 aliphatic heterocycles. The molecular formula is C26H37N3O7. The van der Waals surface area contributed by atoms with Crippen molar-refractivity contribution in [2.24, 2.45) is 5.92 Å². The van der Waals surface area contributed by atoms with Crippen LogP contribution in [-0.4, -0.2) is 73.0 Å². The summed E-state index contributed by atoms with van der Waals surface area (Å²) < 4.78 is 15.6. The van der Waals surface area contributed by atoms with Gasteiger partial charge in [-0.1, -0.05) is 38.1 Å².